The number of hydrogen-bond acceptors (Lipinski definition) is 3. The SMILES string of the molecule is S=C(SC12CCC(CC1)C2)SC12CCC(CC1)C2. The molecule has 4 rings (SSSR count). The van der Waals surface area contributed by atoms with Crippen molar-refractivity contribution in [2.75, 3.05) is 0 Å². The van der Waals surface area contributed by atoms with E-state index in [1.54, 1.807) is 0 Å². The molecule has 4 aliphatic carbocycles. The monoisotopic (exact) mass is 298 g/mol. The van der Waals surface area contributed by atoms with Crippen molar-refractivity contribution in [3.05, 3.63) is 0 Å². The van der Waals surface area contributed by atoms with Gasteiger partial charge in [0, 0.05) is 9.49 Å². The molecule has 4 fully saturated rings. The smallest absolute Gasteiger partial charge is 0.101 e. The Morgan fingerprint density at radius 2 is 1.17 bits per heavy atom. The normalized spacial score (nSPS) is 49.1. The average molecular weight is 299 g/mol. The predicted molar refractivity (Wildman–Crippen MR) is 86.4 cm³/mol. The second kappa shape index (κ2) is 4.39. The minimum atomic E-state index is 0.585. The molecule has 18 heavy (non-hydrogen) atoms. The van der Waals surface area contributed by atoms with Crippen molar-refractivity contribution < 1.29 is 0 Å². The number of hydrogen-bond donors (Lipinski definition) is 0. The highest BCUT2D eigenvalue weighted by Gasteiger charge is 2.49. The van der Waals surface area contributed by atoms with Crippen LogP contribution >= 0.6 is 35.7 Å². The lowest BCUT2D eigenvalue weighted by atomic mass is 10.0. The van der Waals surface area contributed by atoms with Crippen molar-refractivity contribution in [3.8, 4) is 0 Å². The van der Waals surface area contributed by atoms with E-state index >= 15 is 0 Å². The highest BCUT2D eigenvalue weighted by Crippen LogP contribution is 2.60. The molecule has 0 N–H and O–H groups in total. The van der Waals surface area contributed by atoms with Gasteiger partial charge in [-0.2, -0.15) is 0 Å². The summed E-state index contributed by atoms with van der Waals surface area (Å²) >= 11 is 9.99. The van der Waals surface area contributed by atoms with E-state index in [-0.39, 0.29) is 0 Å². The van der Waals surface area contributed by atoms with Crippen molar-refractivity contribution in [1.29, 1.82) is 0 Å². The van der Waals surface area contributed by atoms with Gasteiger partial charge < -0.3 is 0 Å². The predicted octanol–water partition coefficient (Wildman–Crippen LogP) is 5.40. The Kier molecular flexibility index (Phi) is 3.06. The lowest BCUT2D eigenvalue weighted by Crippen LogP contribution is -2.22. The first-order valence-electron chi connectivity index (χ1n) is 7.59. The van der Waals surface area contributed by atoms with Gasteiger partial charge in [0.15, 0.2) is 0 Å². The number of fused-ring (bicyclic) bond motifs is 4. The van der Waals surface area contributed by atoms with Gasteiger partial charge in [-0.15, -0.1) is 23.5 Å². The molecule has 4 aliphatic rings. The van der Waals surface area contributed by atoms with E-state index in [4.69, 9.17) is 12.2 Å². The third-order valence-corrected chi connectivity index (χ3v) is 9.30. The summed E-state index contributed by atoms with van der Waals surface area (Å²) in [7, 11) is 0. The summed E-state index contributed by atoms with van der Waals surface area (Å²) in [6.07, 6.45) is 14.6. The molecule has 4 saturated carbocycles. The highest BCUT2D eigenvalue weighted by atomic mass is 32.2. The fourth-order valence-electron chi connectivity index (χ4n) is 4.94. The van der Waals surface area contributed by atoms with Gasteiger partial charge in [-0.05, 0) is 76.0 Å². The Morgan fingerprint density at radius 1 is 0.778 bits per heavy atom. The summed E-state index contributed by atoms with van der Waals surface area (Å²) in [6.45, 7) is 0. The molecule has 0 amide bonds. The molecule has 0 saturated heterocycles. The molecular weight excluding hydrogens is 276 g/mol. The van der Waals surface area contributed by atoms with Crippen molar-refractivity contribution in [1.82, 2.24) is 0 Å². The third kappa shape index (κ3) is 2.09. The van der Waals surface area contributed by atoms with Gasteiger partial charge in [0.1, 0.15) is 3.53 Å². The Hall–Kier alpha value is 0.790. The first-order valence-corrected chi connectivity index (χ1v) is 9.63. The van der Waals surface area contributed by atoms with Crippen LogP contribution in [0.1, 0.15) is 64.2 Å². The topological polar surface area (TPSA) is 0 Å². The van der Waals surface area contributed by atoms with Crippen LogP contribution in [-0.4, -0.2) is 13.0 Å². The largest absolute Gasteiger partial charge is 0.105 e. The van der Waals surface area contributed by atoms with Gasteiger partial charge in [0.2, 0.25) is 0 Å². The Morgan fingerprint density at radius 3 is 1.44 bits per heavy atom. The maximum Gasteiger partial charge on any atom is 0.105 e. The maximum absolute atomic E-state index is 5.77. The van der Waals surface area contributed by atoms with E-state index in [2.05, 4.69) is 23.5 Å². The number of rotatable bonds is 2. The Bertz CT molecular complexity index is 326. The average Bonchev–Trinajstić information content (AvgIpc) is 3.06. The molecule has 0 aromatic heterocycles. The minimum Gasteiger partial charge on any atom is -0.101 e. The first-order chi connectivity index (χ1) is 8.67. The zero-order chi connectivity index (χ0) is 12.2. The molecule has 0 atom stereocenters. The van der Waals surface area contributed by atoms with Crippen molar-refractivity contribution in [3.63, 3.8) is 0 Å². The molecule has 100 valence electrons. The van der Waals surface area contributed by atoms with Gasteiger partial charge in [-0.1, -0.05) is 12.2 Å². The van der Waals surface area contributed by atoms with Crippen LogP contribution in [0.5, 0.6) is 0 Å². The Balaban J connectivity index is 1.39. The lowest BCUT2D eigenvalue weighted by molar-refractivity contribution is 0.500. The van der Waals surface area contributed by atoms with Crippen molar-refractivity contribution in [2.24, 2.45) is 11.8 Å². The summed E-state index contributed by atoms with van der Waals surface area (Å²) in [5, 5.41) is 0. The standard InChI is InChI=1S/C15H22S3/c16-13(17-14-5-1-11(9-14)2-6-14)18-15-7-3-12(10-15)4-8-15/h11-12H,1-10H2. The number of thioether (sulfide) groups is 2. The molecule has 3 heteroatoms. The molecule has 0 aromatic rings. The molecule has 0 unspecified atom stereocenters. The van der Waals surface area contributed by atoms with Crippen LogP contribution < -0.4 is 0 Å². The Labute approximate surface area is 124 Å². The van der Waals surface area contributed by atoms with Crippen LogP contribution in [0.4, 0.5) is 0 Å². The highest BCUT2D eigenvalue weighted by molar-refractivity contribution is 8.48. The van der Waals surface area contributed by atoms with Gasteiger partial charge in [-0.25, -0.2) is 0 Å². The summed E-state index contributed by atoms with van der Waals surface area (Å²) < 4.78 is 2.46. The van der Waals surface area contributed by atoms with Crippen LogP contribution in [0.25, 0.3) is 0 Å². The second-order valence-electron chi connectivity index (χ2n) is 7.12. The van der Waals surface area contributed by atoms with Gasteiger partial charge in [-0.3, -0.25) is 0 Å². The van der Waals surface area contributed by atoms with Crippen LogP contribution in [0.2, 0.25) is 0 Å². The maximum atomic E-state index is 5.77. The van der Waals surface area contributed by atoms with Crippen molar-refractivity contribution >= 4 is 39.3 Å². The van der Waals surface area contributed by atoms with E-state index < -0.39 is 0 Å². The molecule has 0 heterocycles. The van der Waals surface area contributed by atoms with Gasteiger partial charge >= 0.3 is 0 Å². The van der Waals surface area contributed by atoms with Crippen LogP contribution in [-0.2, 0) is 0 Å². The third-order valence-electron chi connectivity index (χ3n) is 5.95. The zero-order valence-electron chi connectivity index (χ0n) is 11.0. The summed E-state index contributed by atoms with van der Waals surface area (Å²) in [4.78, 5) is 0. The van der Waals surface area contributed by atoms with Crippen molar-refractivity contribution in [2.45, 2.75) is 73.7 Å². The molecular formula is C15H22S3. The molecule has 0 spiro atoms. The fraction of sp³-hybridized carbons (Fsp3) is 0.933. The van der Waals surface area contributed by atoms with E-state index in [1.165, 1.54) is 67.7 Å². The lowest BCUT2D eigenvalue weighted by Gasteiger charge is -2.30. The molecule has 0 aliphatic heterocycles. The number of thiocarbonyl (C=S) groups is 1. The van der Waals surface area contributed by atoms with E-state index in [1.807, 2.05) is 0 Å². The summed E-state index contributed by atoms with van der Waals surface area (Å²) in [6, 6.07) is 0. The van der Waals surface area contributed by atoms with E-state index in [0.717, 1.165) is 11.8 Å². The quantitative estimate of drug-likeness (QED) is 0.626. The molecule has 0 nitrogen and oxygen atoms in total. The van der Waals surface area contributed by atoms with Crippen LogP contribution in [0.15, 0.2) is 0 Å². The second-order valence-corrected chi connectivity index (χ2v) is 11.3. The van der Waals surface area contributed by atoms with Gasteiger partial charge in [0.05, 0.1) is 0 Å². The molecule has 0 radical (unpaired) electrons. The van der Waals surface area contributed by atoms with Gasteiger partial charge in [0.25, 0.3) is 0 Å². The molecule has 4 bridgehead atoms. The summed E-state index contributed by atoms with van der Waals surface area (Å²) in [5.74, 6) is 2.09. The first kappa shape index (κ1) is 12.5. The molecule has 0 aromatic carbocycles. The zero-order valence-corrected chi connectivity index (χ0v) is 13.4. The van der Waals surface area contributed by atoms with Crippen LogP contribution in [0.3, 0.4) is 0 Å². The summed E-state index contributed by atoms with van der Waals surface area (Å²) in [5.41, 5.74) is 0. The van der Waals surface area contributed by atoms with Crippen LogP contribution in [0, 0.1) is 11.8 Å². The minimum absolute atomic E-state index is 0.585. The van der Waals surface area contributed by atoms with E-state index in [0.29, 0.717) is 9.49 Å². The van der Waals surface area contributed by atoms with E-state index in [9.17, 15) is 0 Å². The fourth-order valence-corrected chi connectivity index (χ4v) is 9.45.